The van der Waals surface area contributed by atoms with Crippen molar-refractivity contribution in [2.75, 3.05) is 11.1 Å². The summed E-state index contributed by atoms with van der Waals surface area (Å²) in [5, 5.41) is 0. The molecule has 0 fully saturated rings. The molecule has 18 heavy (non-hydrogen) atoms. The Morgan fingerprint density at radius 3 is 1.11 bits per heavy atom. The maximum atomic E-state index is 12.5. The molecule has 0 heterocycles. The average molecular weight is 280 g/mol. The van der Waals surface area contributed by atoms with Crippen molar-refractivity contribution in [1.82, 2.24) is 0 Å². The van der Waals surface area contributed by atoms with Crippen LogP contribution < -0.4 is 11.1 Å². The Bertz CT molecular complexity index is 395. The molecular formula is C8H4F8N2. The molecule has 0 saturated heterocycles. The second-order valence-electron chi connectivity index (χ2n) is 3.10. The number of hydrogen-bond donors (Lipinski definition) is 2. The van der Waals surface area contributed by atoms with Gasteiger partial charge in [0.05, 0.1) is 22.5 Å². The van der Waals surface area contributed by atoms with Crippen molar-refractivity contribution in [3.8, 4) is 0 Å². The van der Waals surface area contributed by atoms with Crippen LogP contribution in [0.3, 0.4) is 0 Å². The van der Waals surface area contributed by atoms with Crippen LogP contribution in [0.4, 0.5) is 46.7 Å². The molecule has 0 aromatic heterocycles. The molecule has 0 unspecified atom stereocenters. The number of nitrogens with one attached hydrogen (secondary N) is 2. The van der Waals surface area contributed by atoms with Crippen molar-refractivity contribution >= 4 is 11.4 Å². The van der Waals surface area contributed by atoms with E-state index in [1.165, 1.54) is 0 Å². The molecule has 0 bridgehead atoms. The molecule has 2 N–H and O–H groups in total. The van der Waals surface area contributed by atoms with E-state index in [0.717, 1.165) is 0 Å². The van der Waals surface area contributed by atoms with Crippen molar-refractivity contribution in [2.45, 2.75) is 12.4 Å². The van der Waals surface area contributed by atoms with Crippen LogP contribution in [-0.2, 0) is 12.4 Å². The molecule has 102 valence electrons. The number of halogens is 8. The minimum atomic E-state index is -5.51. The monoisotopic (exact) mass is 280 g/mol. The highest BCUT2D eigenvalue weighted by Crippen LogP contribution is 2.47. The van der Waals surface area contributed by atoms with E-state index in [0.29, 0.717) is 23.2 Å². The van der Waals surface area contributed by atoms with Gasteiger partial charge in [-0.25, -0.2) is 11.1 Å². The molecule has 2 nitrogen and oxygen atoms in total. The summed E-state index contributed by atoms with van der Waals surface area (Å²) in [7, 11) is 0. The van der Waals surface area contributed by atoms with Gasteiger partial charge >= 0.3 is 12.4 Å². The van der Waals surface area contributed by atoms with Crippen LogP contribution in [0.5, 0.6) is 0 Å². The van der Waals surface area contributed by atoms with Gasteiger partial charge in [-0.15, -0.1) is 8.96 Å². The van der Waals surface area contributed by atoms with Crippen LogP contribution in [0.15, 0.2) is 12.1 Å². The first-order valence-electron chi connectivity index (χ1n) is 4.17. The second kappa shape index (κ2) is 4.50. The normalized spacial score (nSPS) is 12.4. The zero-order valence-corrected chi connectivity index (χ0v) is 8.18. The van der Waals surface area contributed by atoms with Crippen LogP contribution in [0.25, 0.3) is 0 Å². The summed E-state index contributed by atoms with van der Waals surface area (Å²) < 4.78 is 99.1. The molecule has 10 heteroatoms. The van der Waals surface area contributed by atoms with Gasteiger partial charge in [-0.1, -0.05) is 0 Å². The molecule has 0 spiro atoms. The summed E-state index contributed by atoms with van der Waals surface area (Å²) in [4.78, 5) is 0. The molecule has 0 aliphatic rings. The molecule has 0 amide bonds. The van der Waals surface area contributed by atoms with Gasteiger partial charge in [-0.2, -0.15) is 26.3 Å². The Morgan fingerprint density at radius 1 is 0.667 bits per heavy atom. The van der Waals surface area contributed by atoms with E-state index < -0.39 is 34.9 Å². The second-order valence-corrected chi connectivity index (χ2v) is 3.10. The SMILES string of the molecule is FNc1ccc(NF)c(C(F)(F)F)c1C(F)(F)F. The van der Waals surface area contributed by atoms with E-state index in [2.05, 4.69) is 0 Å². The molecule has 0 saturated carbocycles. The van der Waals surface area contributed by atoms with Crippen LogP contribution in [0.1, 0.15) is 11.1 Å². The Balaban J connectivity index is 3.71. The summed E-state index contributed by atoms with van der Waals surface area (Å²) >= 11 is 0. The third-order valence-electron chi connectivity index (χ3n) is 1.98. The Kier molecular flexibility index (Phi) is 3.58. The van der Waals surface area contributed by atoms with Gasteiger partial charge in [0.2, 0.25) is 0 Å². The Morgan fingerprint density at radius 2 is 0.944 bits per heavy atom. The molecular weight excluding hydrogens is 276 g/mol. The zero-order chi connectivity index (χ0) is 14.1. The highest BCUT2D eigenvalue weighted by atomic mass is 19.4. The first kappa shape index (κ1) is 14.3. The van der Waals surface area contributed by atoms with Gasteiger partial charge in [0, 0.05) is 0 Å². The van der Waals surface area contributed by atoms with Crippen LogP contribution in [0.2, 0.25) is 0 Å². The fourth-order valence-corrected chi connectivity index (χ4v) is 1.35. The molecule has 0 radical (unpaired) electrons. The lowest BCUT2D eigenvalue weighted by molar-refractivity contribution is -0.161. The summed E-state index contributed by atoms with van der Waals surface area (Å²) in [6.45, 7) is 0. The Labute approximate surface area is 94.5 Å². The summed E-state index contributed by atoms with van der Waals surface area (Å²) in [6, 6.07) is 0.667. The lowest BCUT2D eigenvalue weighted by Crippen LogP contribution is -2.19. The number of hydrogen-bond acceptors (Lipinski definition) is 2. The van der Waals surface area contributed by atoms with Gasteiger partial charge in [0.1, 0.15) is 0 Å². The van der Waals surface area contributed by atoms with Gasteiger partial charge in [0.15, 0.2) is 0 Å². The van der Waals surface area contributed by atoms with E-state index in [-0.39, 0.29) is 0 Å². The van der Waals surface area contributed by atoms with E-state index in [1.807, 2.05) is 0 Å². The lowest BCUT2D eigenvalue weighted by atomic mass is 10.0. The standard InChI is InChI=1S/C8H4F8N2/c9-7(10,11)5-3(17-15)1-2-4(18-16)6(5)8(12,13)14/h1-2,17-18H. The maximum Gasteiger partial charge on any atom is 0.419 e. The summed E-state index contributed by atoms with van der Waals surface area (Å²) in [6.07, 6.45) is -11.0. The van der Waals surface area contributed by atoms with Crippen molar-refractivity contribution in [3.05, 3.63) is 23.3 Å². The highest BCUT2D eigenvalue weighted by Gasteiger charge is 2.47. The Hall–Kier alpha value is -1.74. The molecule has 0 aliphatic heterocycles. The molecule has 1 rings (SSSR count). The van der Waals surface area contributed by atoms with Crippen molar-refractivity contribution in [3.63, 3.8) is 0 Å². The van der Waals surface area contributed by atoms with Crippen molar-refractivity contribution < 1.29 is 35.3 Å². The minimum absolute atomic E-state index is 0.333. The fraction of sp³-hybridized carbons (Fsp3) is 0.250. The van der Waals surface area contributed by atoms with Crippen molar-refractivity contribution in [1.29, 1.82) is 0 Å². The van der Waals surface area contributed by atoms with Gasteiger partial charge < -0.3 is 0 Å². The fourth-order valence-electron chi connectivity index (χ4n) is 1.35. The lowest BCUT2D eigenvalue weighted by Gasteiger charge is -2.20. The number of anilines is 2. The van der Waals surface area contributed by atoms with Crippen LogP contribution in [-0.4, -0.2) is 0 Å². The highest BCUT2D eigenvalue weighted by molar-refractivity contribution is 5.66. The number of benzene rings is 1. The largest absolute Gasteiger partial charge is 0.419 e. The molecule has 0 atom stereocenters. The topological polar surface area (TPSA) is 24.1 Å². The third-order valence-corrected chi connectivity index (χ3v) is 1.98. The van der Waals surface area contributed by atoms with E-state index in [1.54, 1.807) is 0 Å². The average Bonchev–Trinajstić information content (AvgIpc) is 2.24. The predicted octanol–water partition coefficient (Wildman–Crippen LogP) is 4.32. The van der Waals surface area contributed by atoms with Crippen molar-refractivity contribution in [2.24, 2.45) is 0 Å². The molecule has 1 aromatic carbocycles. The number of alkyl halides is 6. The summed E-state index contributed by atoms with van der Waals surface area (Å²) in [5.74, 6) is 0. The first-order chi connectivity index (χ1) is 8.12. The van der Waals surface area contributed by atoms with Crippen LogP contribution in [0, 0.1) is 0 Å². The smallest absolute Gasteiger partial charge is 0.224 e. The molecule has 1 aromatic rings. The predicted molar refractivity (Wildman–Crippen MR) is 45.9 cm³/mol. The van der Waals surface area contributed by atoms with Crippen LogP contribution >= 0.6 is 0 Å². The van der Waals surface area contributed by atoms with E-state index in [9.17, 15) is 35.3 Å². The molecule has 0 aliphatic carbocycles. The quantitative estimate of drug-likeness (QED) is 0.622. The summed E-state index contributed by atoms with van der Waals surface area (Å²) in [5.41, 5.74) is -6.58. The first-order valence-corrected chi connectivity index (χ1v) is 4.17. The minimum Gasteiger partial charge on any atom is -0.224 e. The third kappa shape index (κ3) is 2.57. The van der Waals surface area contributed by atoms with Gasteiger partial charge in [-0.05, 0) is 12.1 Å². The van der Waals surface area contributed by atoms with E-state index >= 15 is 0 Å². The van der Waals surface area contributed by atoms with Gasteiger partial charge in [0.25, 0.3) is 0 Å². The zero-order valence-electron chi connectivity index (χ0n) is 8.18. The van der Waals surface area contributed by atoms with E-state index in [4.69, 9.17) is 0 Å². The maximum absolute atomic E-state index is 12.5. The van der Waals surface area contributed by atoms with Gasteiger partial charge in [-0.3, -0.25) is 0 Å². The number of rotatable bonds is 2.